The molecule has 1 amide bonds. The van der Waals surface area contributed by atoms with Gasteiger partial charge in [-0.05, 0) is 24.3 Å². The molecule has 19 heavy (non-hydrogen) atoms. The average Bonchev–Trinajstić information content (AvgIpc) is 2.39. The number of carbonyl (C=O) groups is 1. The van der Waals surface area contributed by atoms with Crippen LogP contribution in [0.15, 0.2) is 48.5 Å². The molecule has 0 spiro atoms. The summed E-state index contributed by atoms with van der Waals surface area (Å²) in [5, 5.41) is 9.67. The first-order valence-electron chi connectivity index (χ1n) is 5.27. The Morgan fingerprint density at radius 1 is 1.11 bits per heavy atom. The number of nitrogens with two attached hydrogens (primary N) is 1. The van der Waals surface area contributed by atoms with Crippen molar-refractivity contribution >= 4 is 18.3 Å². The van der Waals surface area contributed by atoms with Gasteiger partial charge in [0.05, 0.1) is 5.56 Å². The summed E-state index contributed by atoms with van der Waals surface area (Å²) in [6.45, 7) is 0. The molecular formula is C13H13ClN2O3. The zero-order valence-corrected chi connectivity index (χ0v) is 10.7. The maximum Gasteiger partial charge on any atom is 0.268 e. The van der Waals surface area contributed by atoms with Crippen LogP contribution in [0.4, 0.5) is 0 Å². The molecule has 100 valence electrons. The molecule has 2 aromatic rings. The second-order valence-electron chi connectivity index (χ2n) is 3.57. The van der Waals surface area contributed by atoms with E-state index in [1.807, 2.05) is 23.6 Å². The SMILES string of the molecule is Cl.NNC(=O)c1ccc(Oc2ccccc2)cc1O. The highest BCUT2D eigenvalue weighted by Crippen LogP contribution is 2.27. The van der Waals surface area contributed by atoms with Gasteiger partial charge in [0, 0.05) is 6.07 Å². The van der Waals surface area contributed by atoms with E-state index in [4.69, 9.17) is 10.6 Å². The molecule has 5 nitrogen and oxygen atoms in total. The maximum absolute atomic E-state index is 11.3. The lowest BCUT2D eigenvalue weighted by Crippen LogP contribution is -2.29. The lowest BCUT2D eigenvalue weighted by Gasteiger charge is -2.08. The predicted octanol–water partition coefficient (Wildman–Crippen LogP) is 2.21. The molecule has 0 fully saturated rings. The molecule has 0 radical (unpaired) electrons. The topological polar surface area (TPSA) is 84.6 Å². The summed E-state index contributed by atoms with van der Waals surface area (Å²) in [6, 6.07) is 13.5. The standard InChI is InChI=1S/C13H12N2O3.ClH/c14-15-13(17)11-7-6-10(8-12(11)16)18-9-4-2-1-3-5-9;/h1-8,16H,14H2,(H,15,17);1H. The number of phenolic OH excluding ortho intramolecular Hbond substituents is 1. The van der Waals surface area contributed by atoms with Crippen LogP contribution < -0.4 is 16.0 Å². The van der Waals surface area contributed by atoms with Gasteiger partial charge in [0.15, 0.2) is 0 Å². The number of hydrazine groups is 1. The first-order valence-corrected chi connectivity index (χ1v) is 5.27. The molecule has 2 rings (SSSR count). The van der Waals surface area contributed by atoms with Gasteiger partial charge in [-0.1, -0.05) is 18.2 Å². The summed E-state index contributed by atoms with van der Waals surface area (Å²) in [5.41, 5.74) is 2.05. The summed E-state index contributed by atoms with van der Waals surface area (Å²) in [5.74, 6) is 5.33. The third-order valence-corrected chi connectivity index (χ3v) is 2.32. The second-order valence-corrected chi connectivity index (χ2v) is 3.57. The number of hydrogen-bond donors (Lipinski definition) is 3. The average molecular weight is 281 g/mol. The lowest BCUT2D eigenvalue weighted by atomic mass is 10.2. The lowest BCUT2D eigenvalue weighted by molar-refractivity contribution is 0.0951. The number of amides is 1. The highest BCUT2D eigenvalue weighted by molar-refractivity contribution is 5.96. The van der Waals surface area contributed by atoms with Gasteiger partial charge >= 0.3 is 0 Å². The van der Waals surface area contributed by atoms with Crippen molar-refractivity contribution in [1.29, 1.82) is 0 Å². The van der Waals surface area contributed by atoms with Crippen LogP contribution in [0.2, 0.25) is 0 Å². The zero-order chi connectivity index (χ0) is 13.0. The van der Waals surface area contributed by atoms with E-state index in [0.29, 0.717) is 11.5 Å². The first kappa shape index (κ1) is 14.8. The summed E-state index contributed by atoms with van der Waals surface area (Å²) in [4.78, 5) is 11.3. The molecule has 0 saturated carbocycles. The van der Waals surface area contributed by atoms with Gasteiger partial charge in [0.2, 0.25) is 0 Å². The van der Waals surface area contributed by atoms with E-state index in [1.165, 1.54) is 12.1 Å². The van der Waals surface area contributed by atoms with Gasteiger partial charge in [0.25, 0.3) is 5.91 Å². The zero-order valence-electron chi connectivity index (χ0n) is 9.87. The molecule has 0 unspecified atom stereocenters. The fraction of sp³-hybridized carbons (Fsp3) is 0. The number of carbonyl (C=O) groups excluding carboxylic acids is 1. The van der Waals surface area contributed by atoms with Crippen molar-refractivity contribution < 1.29 is 14.6 Å². The van der Waals surface area contributed by atoms with Gasteiger partial charge in [-0.3, -0.25) is 10.2 Å². The van der Waals surface area contributed by atoms with Crippen LogP contribution in [-0.2, 0) is 0 Å². The number of halogens is 1. The van der Waals surface area contributed by atoms with Crippen LogP contribution in [-0.4, -0.2) is 11.0 Å². The van der Waals surface area contributed by atoms with Crippen molar-refractivity contribution in [1.82, 2.24) is 5.43 Å². The molecular weight excluding hydrogens is 268 g/mol. The number of aromatic hydroxyl groups is 1. The fourth-order valence-electron chi connectivity index (χ4n) is 1.47. The van der Waals surface area contributed by atoms with Crippen LogP contribution in [0.5, 0.6) is 17.2 Å². The van der Waals surface area contributed by atoms with Gasteiger partial charge in [-0.2, -0.15) is 0 Å². The molecule has 0 heterocycles. The number of rotatable bonds is 3. The second kappa shape index (κ2) is 6.63. The van der Waals surface area contributed by atoms with Crippen molar-refractivity contribution in [3.8, 4) is 17.2 Å². The van der Waals surface area contributed by atoms with Crippen molar-refractivity contribution in [3.63, 3.8) is 0 Å². The molecule has 0 bridgehead atoms. The minimum Gasteiger partial charge on any atom is -0.507 e. The minimum atomic E-state index is -0.557. The van der Waals surface area contributed by atoms with Crippen LogP contribution in [0, 0.1) is 0 Å². The Kier molecular flexibility index (Phi) is 5.17. The number of hydrogen-bond acceptors (Lipinski definition) is 4. The fourth-order valence-corrected chi connectivity index (χ4v) is 1.47. The third-order valence-electron chi connectivity index (χ3n) is 2.32. The van der Waals surface area contributed by atoms with E-state index in [9.17, 15) is 9.90 Å². The molecule has 2 aromatic carbocycles. The van der Waals surface area contributed by atoms with E-state index in [2.05, 4.69) is 0 Å². The maximum atomic E-state index is 11.3. The smallest absolute Gasteiger partial charge is 0.268 e. The Morgan fingerprint density at radius 3 is 2.37 bits per heavy atom. The Labute approximate surface area is 116 Å². The van der Waals surface area contributed by atoms with E-state index in [-0.39, 0.29) is 23.7 Å². The van der Waals surface area contributed by atoms with E-state index in [0.717, 1.165) is 0 Å². The molecule has 0 saturated heterocycles. The Balaban J connectivity index is 0.00000180. The van der Waals surface area contributed by atoms with E-state index >= 15 is 0 Å². The minimum absolute atomic E-state index is 0. The van der Waals surface area contributed by atoms with Crippen LogP contribution >= 0.6 is 12.4 Å². The molecule has 0 aromatic heterocycles. The number of ether oxygens (including phenoxy) is 1. The van der Waals surface area contributed by atoms with Crippen molar-refractivity contribution in [2.24, 2.45) is 5.84 Å². The Morgan fingerprint density at radius 2 is 1.79 bits per heavy atom. The Bertz CT molecular complexity index is 561. The highest BCUT2D eigenvalue weighted by atomic mass is 35.5. The summed E-state index contributed by atoms with van der Waals surface area (Å²) < 4.78 is 5.50. The number of phenols is 1. The highest BCUT2D eigenvalue weighted by Gasteiger charge is 2.10. The quantitative estimate of drug-likeness (QED) is 0.457. The molecule has 0 atom stereocenters. The van der Waals surface area contributed by atoms with Crippen molar-refractivity contribution in [3.05, 3.63) is 54.1 Å². The predicted molar refractivity (Wildman–Crippen MR) is 73.5 cm³/mol. The van der Waals surface area contributed by atoms with Gasteiger partial charge < -0.3 is 9.84 Å². The number of nitrogens with one attached hydrogen (secondary N) is 1. The summed E-state index contributed by atoms with van der Waals surface area (Å²) in [6.07, 6.45) is 0. The van der Waals surface area contributed by atoms with E-state index in [1.54, 1.807) is 18.2 Å². The van der Waals surface area contributed by atoms with Crippen LogP contribution in [0.3, 0.4) is 0 Å². The first-order chi connectivity index (χ1) is 8.70. The number of para-hydroxylation sites is 1. The molecule has 4 N–H and O–H groups in total. The van der Waals surface area contributed by atoms with E-state index < -0.39 is 5.91 Å². The van der Waals surface area contributed by atoms with Gasteiger partial charge in [0.1, 0.15) is 17.2 Å². The van der Waals surface area contributed by atoms with Crippen LogP contribution in [0.25, 0.3) is 0 Å². The van der Waals surface area contributed by atoms with Crippen molar-refractivity contribution in [2.45, 2.75) is 0 Å². The summed E-state index contributed by atoms with van der Waals surface area (Å²) >= 11 is 0. The Hall–Kier alpha value is -2.24. The molecule has 0 aliphatic carbocycles. The van der Waals surface area contributed by atoms with Crippen molar-refractivity contribution in [2.75, 3.05) is 0 Å². The summed E-state index contributed by atoms with van der Waals surface area (Å²) in [7, 11) is 0. The van der Waals surface area contributed by atoms with Gasteiger partial charge in [-0.15, -0.1) is 12.4 Å². The van der Waals surface area contributed by atoms with Crippen LogP contribution in [0.1, 0.15) is 10.4 Å². The third kappa shape index (κ3) is 3.61. The van der Waals surface area contributed by atoms with Gasteiger partial charge in [-0.25, -0.2) is 5.84 Å². The molecule has 6 heteroatoms. The normalized spacial score (nSPS) is 9.32. The number of nitrogen functional groups attached to an aromatic ring is 1. The largest absolute Gasteiger partial charge is 0.507 e. The molecule has 0 aliphatic heterocycles. The monoisotopic (exact) mass is 280 g/mol. The molecule has 0 aliphatic rings. The number of benzene rings is 2.